The summed E-state index contributed by atoms with van der Waals surface area (Å²) < 4.78 is 39.0. The molecule has 1 aliphatic heterocycles. The van der Waals surface area contributed by atoms with Crippen LogP contribution in [-0.4, -0.2) is 46.5 Å². The van der Waals surface area contributed by atoms with Gasteiger partial charge in [-0.25, -0.2) is 13.1 Å². The van der Waals surface area contributed by atoms with Gasteiger partial charge in [0.15, 0.2) is 0 Å². The first kappa shape index (κ1) is 22.1. The minimum Gasteiger partial charge on any atom is -0.497 e. The van der Waals surface area contributed by atoms with Crippen molar-refractivity contribution in [3.63, 3.8) is 0 Å². The number of nitrogens with one attached hydrogen (secondary N) is 1. The Kier molecular flexibility index (Phi) is 7.33. The Morgan fingerprint density at radius 1 is 0.933 bits per heavy atom. The summed E-state index contributed by atoms with van der Waals surface area (Å²) in [5, 5.41) is 0. The highest BCUT2D eigenvalue weighted by Gasteiger charge is 2.26. The molecule has 1 saturated heterocycles. The van der Waals surface area contributed by atoms with Crippen molar-refractivity contribution in [2.45, 2.75) is 36.6 Å². The van der Waals surface area contributed by atoms with Crippen molar-refractivity contribution < 1.29 is 22.7 Å². The Hall–Kier alpha value is -2.58. The highest BCUT2D eigenvalue weighted by Crippen LogP contribution is 2.25. The largest absolute Gasteiger partial charge is 0.497 e. The highest BCUT2D eigenvalue weighted by molar-refractivity contribution is 7.89. The Morgan fingerprint density at radius 2 is 1.47 bits per heavy atom. The molecule has 7 nitrogen and oxygen atoms in total. The fraction of sp³-hybridized carbons (Fsp3) is 0.409. The number of carbonyl (C=O) groups is 1. The number of carbonyl (C=O) groups excluding carboxylic acids is 1. The van der Waals surface area contributed by atoms with Gasteiger partial charge in [0.05, 0.1) is 25.2 Å². The summed E-state index contributed by atoms with van der Waals surface area (Å²) in [6.07, 6.45) is 3.14. The zero-order valence-electron chi connectivity index (χ0n) is 17.3. The SMILES string of the molecule is COc1ccc([C@H](CC(=O)N2CCCCC2)NS(=O)(=O)c2ccc(OC)cc2)cc1. The number of hydrogen-bond donors (Lipinski definition) is 1. The molecule has 162 valence electrons. The maximum atomic E-state index is 13.0. The summed E-state index contributed by atoms with van der Waals surface area (Å²) in [5.74, 6) is 1.19. The van der Waals surface area contributed by atoms with Crippen LogP contribution in [0, 0.1) is 0 Å². The van der Waals surface area contributed by atoms with Gasteiger partial charge in [-0.05, 0) is 61.2 Å². The molecule has 1 fully saturated rings. The third-order valence-electron chi connectivity index (χ3n) is 5.27. The van der Waals surface area contributed by atoms with Gasteiger partial charge in [0.1, 0.15) is 11.5 Å². The number of nitrogens with zero attached hydrogens (tertiary/aromatic N) is 1. The normalized spacial score (nSPS) is 15.5. The first-order valence-electron chi connectivity index (χ1n) is 10.0. The quantitative estimate of drug-likeness (QED) is 0.693. The molecule has 0 saturated carbocycles. The molecular formula is C22H28N2O5S. The topological polar surface area (TPSA) is 84.9 Å². The van der Waals surface area contributed by atoms with E-state index >= 15 is 0 Å². The fourth-order valence-corrected chi connectivity index (χ4v) is 4.75. The molecule has 3 rings (SSSR count). The standard InChI is InChI=1S/C22H28N2O5S/c1-28-18-8-6-17(7-9-18)21(16-22(25)24-14-4-3-5-15-24)23-30(26,27)20-12-10-19(29-2)11-13-20/h6-13,21,23H,3-5,14-16H2,1-2H3/t21-/m0/s1. The Bertz CT molecular complexity index is 936. The lowest BCUT2D eigenvalue weighted by molar-refractivity contribution is -0.132. The monoisotopic (exact) mass is 432 g/mol. The molecule has 2 aromatic rings. The van der Waals surface area contributed by atoms with Crippen molar-refractivity contribution in [2.75, 3.05) is 27.3 Å². The van der Waals surface area contributed by atoms with E-state index in [-0.39, 0.29) is 17.2 Å². The van der Waals surface area contributed by atoms with Crippen LogP contribution >= 0.6 is 0 Å². The van der Waals surface area contributed by atoms with Crippen LogP contribution in [0.25, 0.3) is 0 Å². The third-order valence-corrected chi connectivity index (χ3v) is 6.76. The minimum absolute atomic E-state index is 0.0482. The molecule has 0 spiro atoms. The minimum atomic E-state index is -3.83. The molecule has 2 aromatic carbocycles. The predicted molar refractivity (Wildman–Crippen MR) is 114 cm³/mol. The molecule has 0 aliphatic carbocycles. The van der Waals surface area contributed by atoms with E-state index in [1.54, 1.807) is 43.5 Å². The number of piperidine rings is 1. The molecule has 1 amide bonds. The van der Waals surface area contributed by atoms with E-state index in [1.165, 1.54) is 19.2 Å². The molecule has 30 heavy (non-hydrogen) atoms. The molecule has 1 aliphatic rings. The number of rotatable bonds is 8. The van der Waals surface area contributed by atoms with Gasteiger partial charge in [0.2, 0.25) is 15.9 Å². The summed E-state index contributed by atoms with van der Waals surface area (Å²) in [4.78, 5) is 14.8. The highest BCUT2D eigenvalue weighted by atomic mass is 32.2. The lowest BCUT2D eigenvalue weighted by Crippen LogP contribution is -2.39. The molecule has 0 bridgehead atoms. The van der Waals surface area contributed by atoms with Gasteiger partial charge in [0.25, 0.3) is 0 Å². The number of amides is 1. The van der Waals surface area contributed by atoms with Gasteiger partial charge in [-0.2, -0.15) is 0 Å². The Morgan fingerprint density at radius 3 is 2.00 bits per heavy atom. The van der Waals surface area contributed by atoms with Crippen LogP contribution in [0.2, 0.25) is 0 Å². The first-order valence-corrected chi connectivity index (χ1v) is 11.5. The first-order chi connectivity index (χ1) is 14.4. The number of methoxy groups -OCH3 is 2. The number of hydrogen-bond acceptors (Lipinski definition) is 5. The summed E-state index contributed by atoms with van der Waals surface area (Å²) in [6, 6.07) is 12.6. The van der Waals surface area contributed by atoms with Gasteiger partial charge in [0, 0.05) is 19.5 Å². The van der Waals surface area contributed by atoms with Crippen molar-refractivity contribution >= 4 is 15.9 Å². The van der Waals surface area contributed by atoms with Gasteiger partial charge in [-0.15, -0.1) is 0 Å². The fourth-order valence-electron chi connectivity index (χ4n) is 3.52. The van der Waals surface area contributed by atoms with Gasteiger partial charge in [-0.3, -0.25) is 4.79 Å². The van der Waals surface area contributed by atoms with E-state index in [9.17, 15) is 13.2 Å². The predicted octanol–water partition coefficient (Wildman–Crippen LogP) is 3.13. The molecular weight excluding hydrogens is 404 g/mol. The lowest BCUT2D eigenvalue weighted by Gasteiger charge is -2.29. The zero-order chi connectivity index (χ0) is 21.6. The second-order valence-corrected chi connectivity index (χ2v) is 8.98. The molecule has 0 aromatic heterocycles. The average molecular weight is 433 g/mol. The molecule has 1 N–H and O–H groups in total. The Labute approximate surface area is 178 Å². The maximum Gasteiger partial charge on any atom is 0.241 e. The number of ether oxygens (including phenoxy) is 2. The molecule has 0 unspecified atom stereocenters. The number of benzene rings is 2. The number of likely N-dealkylation sites (tertiary alicyclic amines) is 1. The van der Waals surface area contributed by atoms with Crippen LogP contribution in [0.4, 0.5) is 0 Å². The van der Waals surface area contributed by atoms with E-state index < -0.39 is 16.1 Å². The van der Waals surface area contributed by atoms with Crippen molar-refractivity contribution in [1.29, 1.82) is 0 Å². The van der Waals surface area contributed by atoms with Crippen LogP contribution in [-0.2, 0) is 14.8 Å². The van der Waals surface area contributed by atoms with Gasteiger partial charge < -0.3 is 14.4 Å². The van der Waals surface area contributed by atoms with Crippen molar-refractivity contribution in [3.8, 4) is 11.5 Å². The smallest absolute Gasteiger partial charge is 0.241 e. The summed E-state index contributed by atoms with van der Waals surface area (Å²) >= 11 is 0. The number of sulfonamides is 1. The van der Waals surface area contributed by atoms with E-state index in [2.05, 4.69) is 4.72 Å². The molecule has 0 radical (unpaired) electrons. The molecule has 8 heteroatoms. The van der Waals surface area contributed by atoms with Gasteiger partial charge >= 0.3 is 0 Å². The van der Waals surface area contributed by atoms with E-state index in [1.807, 2.05) is 4.90 Å². The van der Waals surface area contributed by atoms with E-state index in [4.69, 9.17) is 9.47 Å². The lowest BCUT2D eigenvalue weighted by atomic mass is 10.0. The van der Waals surface area contributed by atoms with Gasteiger partial charge in [-0.1, -0.05) is 12.1 Å². The Balaban J connectivity index is 1.84. The summed E-state index contributed by atoms with van der Waals surface area (Å²) in [5.41, 5.74) is 0.707. The summed E-state index contributed by atoms with van der Waals surface area (Å²) in [6.45, 7) is 1.44. The van der Waals surface area contributed by atoms with Crippen LogP contribution in [0.5, 0.6) is 11.5 Å². The second kappa shape index (κ2) is 9.95. The average Bonchev–Trinajstić information content (AvgIpc) is 2.79. The van der Waals surface area contributed by atoms with Crippen LogP contribution in [0.1, 0.15) is 37.3 Å². The van der Waals surface area contributed by atoms with Crippen molar-refractivity contribution in [1.82, 2.24) is 9.62 Å². The van der Waals surface area contributed by atoms with Crippen molar-refractivity contribution in [2.24, 2.45) is 0 Å². The van der Waals surface area contributed by atoms with Crippen LogP contribution < -0.4 is 14.2 Å². The zero-order valence-corrected chi connectivity index (χ0v) is 18.2. The van der Waals surface area contributed by atoms with E-state index in [0.29, 0.717) is 17.1 Å². The van der Waals surface area contributed by atoms with Crippen LogP contribution in [0.3, 0.4) is 0 Å². The maximum absolute atomic E-state index is 13.0. The third kappa shape index (κ3) is 5.52. The second-order valence-electron chi connectivity index (χ2n) is 7.27. The molecule has 1 atom stereocenters. The van der Waals surface area contributed by atoms with Crippen LogP contribution in [0.15, 0.2) is 53.4 Å². The summed E-state index contributed by atoms with van der Waals surface area (Å²) in [7, 11) is -0.742. The van der Waals surface area contributed by atoms with E-state index in [0.717, 1.165) is 32.4 Å². The van der Waals surface area contributed by atoms with Crippen molar-refractivity contribution in [3.05, 3.63) is 54.1 Å². The molecule has 1 heterocycles.